The number of aryl methyl sites for hydroxylation is 1. The lowest BCUT2D eigenvalue weighted by molar-refractivity contribution is -0.116. The number of nitrogens with zero attached hydrogens (tertiary/aromatic N) is 1. The number of benzene rings is 2. The maximum atomic E-state index is 12.9. The average molecular weight is 409 g/mol. The molecule has 1 N–H and O–H groups in total. The van der Waals surface area contributed by atoms with Crippen LogP contribution in [0.15, 0.2) is 45.8 Å². The van der Waals surface area contributed by atoms with Crippen LogP contribution in [0.3, 0.4) is 0 Å². The second-order valence-corrected chi connectivity index (χ2v) is 8.37. The first kappa shape index (κ1) is 17.0. The third-order valence-electron chi connectivity index (χ3n) is 3.97. The summed E-state index contributed by atoms with van der Waals surface area (Å²) in [5.41, 5.74) is 2.86. The molecule has 1 aliphatic heterocycles. The van der Waals surface area contributed by atoms with E-state index in [0.29, 0.717) is 28.8 Å². The van der Waals surface area contributed by atoms with E-state index in [4.69, 9.17) is 0 Å². The molecule has 1 amide bonds. The first-order valence-corrected chi connectivity index (χ1v) is 9.75. The van der Waals surface area contributed by atoms with Crippen molar-refractivity contribution in [3.63, 3.8) is 0 Å². The number of fused-ring (bicyclic) bond motifs is 1. The van der Waals surface area contributed by atoms with Gasteiger partial charge in [-0.2, -0.15) is 0 Å². The van der Waals surface area contributed by atoms with Crippen LogP contribution in [0.5, 0.6) is 0 Å². The van der Waals surface area contributed by atoms with Crippen molar-refractivity contribution in [2.24, 2.45) is 0 Å². The summed E-state index contributed by atoms with van der Waals surface area (Å²) in [4.78, 5) is 13.5. The Balaban J connectivity index is 2.08. The molecule has 0 saturated carbocycles. The molecule has 2 aromatic carbocycles. The largest absolute Gasteiger partial charge is 0.311 e. The van der Waals surface area contributed by atoms with Crippen molar-refractivity contribution in [2.45, 2.75) is 25.2 Å². The van der Waals surface area contributed by atoms with Crippen molar-refractivity contribution in [3.05, 3.63) is 52.0 Å². The molecule has 1 heterocycles. The van der Waals surface area contributed by atoms with Crippen molar-refractivity contribution in [2.75, 3.05) is 16.2 Å². The predicted molar refractivity (Wildman–Crippen MR) is 97.9 cm³/mol. The molecule has 0 unspecified atom stereocenters. The van der Waals surface area contributed by atoms with Crippen molar-refractivity contribution in [1.82, 2.24) is 0 Å². The predicted octanol–water partition coefficient (Wildman–Crippen LogP) is 3.47. The molecule has 0 atom stereocenters. The van der Waals surface area contributed by atoms with Crippen LogP contribution in [0.25, 0.3) is 0 Å². The SMILES string of the molecule is CC(=O)N1CCc2cc(Br)cc(S(=O)(=O)Nc3ccc(C)cc3)c21. The number of carbonyl (C=O) groups excluding carboxylic acids is 1. The molecule has 0 aromatic heterocycles. The molecule has 0 bridgehead atoms. The van der Waals surface area contributed by atoms with Gasteiger partial charge in [-0.15, -0.1) is 0 Å². The van der Waals surface area contributed by atoms with E-state index in [-0.39, 0.29) is 10.8 Å². The Hall–Kier alpha value is -1.86. The van der Waals surface area contributed by atoms with E-state index in [1.165, 1.54) is 17.9 Å². The summed E-state index contributed by atoms with van der Waals surface area (Å²) in [6.07, 6.45) is 0.640. The highest BCUT2D eigenvalue weighted by Crippen LogP contribution is 2.38. The van der Waals surface area contributed by atoms with Gasteiger partial charge in [0.05, 0.1) is 5.69 Å². The Kier molecular flexibility index (Phi) is 4.40. The summed E-state index contributed by atoms with van der Waals surface area (Å²) in [7, 11) is -3.81. The fraction of sp³-hybridized carbons (Fsp3) is 0.235. The lowest BCUT2D eigenvalue weighted by Gasteiger charge is -2.19. The van der Waals surface area contributed by atoms with E-state index in [2.05, 4.69) is 20.7 Å². The standard InChI is InChI=1S/C17H17BrN2O3S/c1-11-3-5-15(6-4-11)19-24(22,23)16-10-14(18)9-13-7-8-20(12(2)21)17(13)16/h3-6,9-10,19H,7-8H2,1-2H3. The lowest BCUT2D eigenvalue weighted by atomic mass is 10.2. The summed E-state index contributed by atoms with van der Waals surface area (Å²) in [5, 5.41) is 0. The monoisotopic (exact) mass is 408 g/mol. The van der Waals surface area contributed by atoms with Gasteiger partial charge in [0.25, 0.3) is 10.0 Å². The maximum Gasteiger partial charge on any atom is 0.264 e. The van der Waals surface area contributed by atoms with E-state index in [0.717, 1.165) is 11.1 Å². The molecule has 126 valence electrons. The second kappa shape index (κ2) is 6.22. The third-order valence-corrected chi connectivity index (χ3v) is 5.82. The summed E-state index contributed by atoms with van der Waals surface area (Å²) >= 11 is 3.36. The van der Waals surface area contributed by atoms with Crippen molar-refractivity contribution in [3.8, 4) is 0 Å². The number of nitrogens with one attached hydrogen (secondary N) is 1. The van der Waals surface area contributed by atoms with Crippen LogP contribution < -0.4 is 9.62 Å². The first-order chi connectivity index (χ1) is 11.3. The number of amides is 1. The highest BCUT2D eigenvalue weighted by Gasteiger charge is 2.31. The number of anilines is 2. The van der Waals surface area contributed by atoms with Gasteiger partial charge in [0.2, 0.25) is 5.91 Å². The van der Waals surface area contributed by atoms with Crippen molar-refractivity contribution in [1.29, 1.82) is 0 Å². The van der Waals surface area contributed by atoms with Gasteiger partial charge in [-0.05, 0) is 43.2 Å². The highest BCUT2D eigenvalue weighted by atomic mass is 79.9. The Morgan fingerprint density at radius 2 is 1.88 bits per heavy atom. The Morgan fingerprint density at radius 3 is 2.50 bits per heavy atom. The number of hydrogen-bond acceptors (Lipinski definition) is 3. The zero-order chi connectivity index (χ0) is 17.5. The van der Waals surface area contributed by atoms with Gasteiger partial charge in [-0.1, -0.05) is 33.6 Å². The molecule has 2 aromatic rings. The lowest BCUT2D eigenvalue weighted by Crippen LogP contribution is -2.28. The summed E-state index contributed by atoms with van der Waals surface area (Å²) in [5.74, 6) is -0.164. The molecule has 3 rings (SSSR count). The van der Waals surface area contributed by atoms with Crippen LogP contribution in [-0.2, 0) is 21.2 Å². The van der Waals surface area contributed by atoms with E-state index >= 15 is 0 Å². The fourth-order valence-electron chi connectivity index (χ4n) is 2.82. The molecular formula is C17H17BrN2O3S. The molecule has 0 fully saturated rings. The van der Waals surface area contributed by atoms with Gasteiger partial charge in [-0.3, -0.25) is 9.52 Å². The van der Waals surface area contributed by atoms with Gasteiger partial charge in [-0.25, -0.2) is 8.42 Å². The highest BCUT2D eigenvalue weighted by molar-refractivity contribution is 9.10. The number of carbonyl (C=O) groups is 1. The quantitative estimate of drug-likeness (QED) is 0.845. The minimum absolute atomic E-state index is 0.111. The minimum Gasteiger partial charge on any atom is -0.311 e. The normalized spacial score (nSPS) is 13.7. The zero-order valence-corrected chi connectivity index (χ0v) is 15.7. The molecule has 5 nitrogen and oxygen atoms in total. The van der Waals surface area contributed by atoms with E-state index in [9.17, 15) is 13.2 Å². The van der Waals surface area contributed by atoms with Gasteiger partial charge < -0.3 is 4.90 Å². The zero-order valence-electron chi connectivity index (χ0n) is 13.3. The Morgan fingerprint density at radius 1 is 1.21 bits per heavy atom. The van der Waals surface area contributed by atoms with Crippen LogP contribution in [0.1, 0.15) is 18.1 Å². The van der Waals surface area contributed by atoms with E-state index in [1.807, 2.05) is 25.1 Å². The smallest absolute Gasteiger partial charge is 0.264 e. The molecule has 24 heavy (non-hydrogen) atoms. The fourth-order valence-corrected chi connectivity index (χ4v) is 4.81. The van der Waals surface area contributed by atoms with E-state index < -0.39 is 10.0 Å². The van der Waals surface area contributed by atoms with Gasteiger partial charge in [0, 0.05) is 23.6 Å². The number of halogens is 1. The molecular weight excluding hydrogens is 392 g/mol. The third kappa shape index (κ3) is 3.18. The maximum absolute atomic E-state index is 12.9. The Labute approximate surface area is 149 Å². The van der Waals surface area contributed by atoms with Crippen molar-refractivity contribution < 1.29 is 13.2 Å². The van der Waals surface area contributed by atoms with Gasteiger partial charge in [0.1, 0.15) is 4.90 Å². The number of sulfonamides is 1. The van der Waals surface area contributed by atoms with E-state index in [1.54, 1.807) is 12.1 Å². The first-order valence-electron chi connectivity index (χ1n) is 7.48. The molecule has 7 heteroatoms. The second-order valence-electron chi connectivity index (χ2n) is 5.80. The van der Waals surface area contributed by atoms with Crippen LogP contribution in [0, 0.1) is 6.92 Å². The Bertz CT molecular complexity index is 908. The number of hydrogen-bond donors (Lipinski definition) is 1. The molecule has 0 radical (unpaired) electrons. The van der Waals surface area contributed by atoms with Crippen LogP contribution in [-0.4, -0.2) is 20.9 Å². The molecule has 1 aliphatic rings. The summed E-state index contributed by atoms with van der Waals surface area (Å²) in [6.45, 7) is 3.87. The molecule has 0 aliphatic carbocycles. The van der Waals surface area contributed by atoms with Gasteiger partial charge >= 0.3 is 0 Å². The van der Waals surface area contributed by atoms with Crippen LogP contribution >= 0.6 is 15.9 Å². The summed E-state index contributed by atoms with van der Waals surface area (Å²) in [6, 6.07) is 10.5. The minimum atomic E-state index is -3.81. The summed E-state index contributed by atoms with van der Waals surface area (Å²) < 4.78 is 29.1. The van der Waals surface area contributed by atoms with Gasteiger partial charge in [0.15, 0.2) is 0 Å². The molecule has 0 spiro atoms. The topological polar surface area (TPSA) is 66.5 Å². The average Bonchev–Trinajstić information content (AvgIpc) is 2.92. The van der Waals surface area contributed by atoms with Crippen LogP contribution in [0.4, 0.5) is 11.4 Å². The number of rotatable bonds is 3. The van der Waals surface area contributed by atoms with Crippen LogP contribution in [0.2, 0.25) is 0 Å². The van der Waals surface area contributed by atoms with Crippen molar-refractivity contribution >= 4 is 43.2 Å². The molecule has 0 saturated heterocycles.